The molecule has 0 amide bonds. The number of allylic oxidation sites excluding steroid dienone is 1. The van der Waals surface area contributed by atoms with Crippen LogP contribution in [0.15, 0.2) is 36.4 Å². The van der Waals surface area contributed by atoms with Gasteiger partial charge in [-0.2, -0.15) is 0 Å². The summed E-state index contributed by atoms with van der Waals surface area (Å²) in [5, 5.41) is 9.51. The van der Waals surface area contributed by atoms with Crippen molar-refractivity contribution in [3.05, 3.63) is 42.0 Å². The SMILES string of the molecule is CCCCCC/C(=C/C(C)O)c1ccccc1. The van der Waals surface area contributed by atoms with Crippen molar-refractivity contribution in [3.63, 3.8) is 0 Å². The fourth-order valence-electron chi connectivity index (χ4n) is 2.01. The summed E-state index contributed by atoms with van der Waals surface area (Å²) >= 11 is 0. The van der Waals surface area contributed by atoms with Gasteiger partial charge in [0.25, 0.3) is 0 Å². The summed E-state index contributed by atoms with van der Waals surface area (Å²) in [4.78, 5) is 0. The van der Waals surface area contributed by atoms with Crippen molar-refractivity contribution in [3.8, 4) is 0 Å². The maximum atomic E-state index is 9.51. The Morgan fingerprint density at radius 3 is 2.47 bits per heavy atom. The van der Waals surface area contributed by atoms with Gasteiger partial charge in [-0.05, 0) is 30.9 Å². The van der Waals surface area contributed by atoms with Gasteiger partial charge >= 0.3 is 0 Å². The Kier molecular flexibility index (Phi) is 6.64. The molecule has 1 N–H and O–H groups in total. The number of unbranched alkanes of at least 4 members (excludes halogenated alkanes) is 3. The van der Waals surface area contributed by atoms with Gasteiger partial charge in [0, 0.05) is 0 Å². The van der Waals surface area contributed by atoms with E-state index in [4.69, 9.17) is 0 Å². The van der Waals surface area contributed by atoms with E-state index in [0.29, 0.717) is 0 Å². The van der Waals surface area contributed by atoms with Gasteiger partial charge in [0.2, 0.25) is 0 Å². The molecule has 0 heterocycles. The van der Waals surface area contributed by atoms with Crippen LogP contribution in [-0.4, -0.2) is 11.2 Å². The molecule has 0 saturated carbocycles. The second-order valence-electron chi connectivity index (χ2n) is 4.61. The summed E-state index contributed by atoms with van der Waals surface area (Å²) in [6.07, 6.45) is 7.73. The zero-order chi connectivity index (χ0) is 12.5. The molecule has 17 heavy (non-hydrogen) atoms. The van der Waals surface area contributed by atoms with E-state index in [1.807, 2.05) is 19.1 Å². The van der Waals surface area contributed by atoms with E-state index >= 15 is 0 Å². The highest BCUT2D eigenvalue weighted by molar-refractivity contribution is 5.65. The summed E-state index contributed by atoms with van der Waals surface area (Å²) < 4.78 is 0. The van der Waals surface area contributed by atoms with Crippen molar-refractivity contribution < 1.29 is 5.11 Å². The highest BCUT2D eigenvalue weighted by Crippen LogP contribution is 2.21. The first kappa shape index (κ1) is 14.0. The number of hydrogen-bond donors (Lipinski definition) is 1. The fourth-order valence-corrected chi connectivity index (χ4v) is 2.01. The van der Waals surface area contributed by atoms with Crippen LogP contribution in [0.2, 0.25) is 0 Å². The minimum absolute atomic E-state index is 0.364. The van der Waals surface area contributed by atoms with Crippen molar-refractivity contribution >= 4 is 5.57 Å². The molecule has 1 aromatic rings. The highest BCUT2D eigenvalue weighted by Gasteiger charge is 2.02. The summed E-state index contributed by atoms with van der Waals surface area (Å²) in [5.74, 6) is 0. The Bertz CT molecular complexity index is 325. The summed E-state index contributed by atoms with van der Waals surface area (Å²) in [7, 11) is 0. The van der Waals surface area contributed by atoms with Gasteiger partial charge in [0.05, 0.1) is 6.10 Å². The molecule has 0 aliphatic rings. The molecule has 0 fully saturated rings. The normalized spacial score (nSPS) is 13.7. The Balaban J connectivity index is 2.62. The smallest absolute Gasteiger partial charge is 0.0698 e. The Labute approximate surface area is 105 Å². The number of aliphatic hydroxyl groups is 1. The van der Waals surface area contributed by atoms with Gasteiger partial charge in [0.15, 0.2) is 0 Å². The predicted octanol–water partition coefficient (Wildman–Crippen LogP) is 4.42. The van der Waals surface area contributed by atoms with Crippen molar-refractivity contribution in [2.75, 3.05) is 0 Å². The maximum Gasteiger partial charge on any atom is 0.0698 e. The molecule has 0 radical (unpaired) electrons. The molecule has 94 valence electrons. The summed E-state index contributed by atoms with van der Waals surface area (Å²) in [6, 6.07) is 10.4. The average molecular weight is 232 g/mol. The van der Waals surface area contributed by atoms with Gasteiger partial charge in [0.1, 0.15) is 0 Å². The molecule has 0 aliphatic carbocycles. The lowest BCUT2D eigenvalue weighted by Gasteiger charge is -2.09. The van der Waals surface area contributed by atoms with Gasteiger partial charge in [-0.25, -0.2) is 0 Å². The molecule has 0 bridgehead atoms. The van der Waals surface area contributed by atoms with Crippen LogP contribution in [0.25, 0.3) is 5.57 Å². The third-order valence-electron chi connectivity index (χ3n) is 2.89. The Morgan fingerprint density at radius 1 is 1.18 bits per heavy atom. The average Bonchev–Trinajstić information content (AvgIpc) is 2.34. The van der Waals surface area contributed by atoms with Crippen LogP contribution < -0.4 is 0 Å². The zero-order valence-corrected chi connectivity index (χ0v) is 11.0. The second-order valence-corrected chi connectivity index (χ2v) is 4.61. The Hall–Kier alpha value is -1.08. The first-order valence-corrected chi connectivity index (χ1v) is 6.68. The maximum absolute atomic E-state index is 9.51. The van der Waals surface area contributed by atoms with Gasteiger partial charge in [-0.1, -0.05) is 62.6 Å². The monoisotopic (exact) mass is 232 g/mol. The van der Waals surface area contributed by atoms with E-state index in [0.717, 1.165) is 6.42 Å². The minimum atomic E-state index is -0.364. The number of rotatable bonds is 7. The van der Waals surface area contributed by atoms with Gasteiger partial charge in [-0.15, -0.1) is 0 Å². The van der Waals surface area contributed by atoms with E-state index in [-0.39, 0.29) is 6.10 Å². The molecule has 1 atom stereocenters. The first-order chi connectivity index (χ1) is 8.24. The summed E-state index contributed by atoms with van der Waals surface area (Å²) in [6.45, 7) is 4.04. The quantitative estimate of drug-likeness (QED) is 0.690. The standard InChI is InChI=1S/C16H24O/c1-3-4-5-7-12-16(13-14(2)17)15-10-8-6-9-11-15/h6,8-11,13-14,17H,3-5,7,12H2,1-2H3/b16-13-. The van der Waals surface area contributed by atoms with E-state index < -0.39 is 0 Å². The molecule has 0 aliphatic heterocycles. The van der Waals surface area contributed by atoms with Crippen LogP contribution in [-0.2, 0) is 0 Å². The summed E-state index contributed by atoms with van der Waals surface area (Å²) in [5.41, 5.74) is 2.52. The number of aliphatic hydroxyl groups excluding tert-OH is 1. The highest BCUT2D eigenvalue weighted by atomic mass is 16.3. The van der Waals surface area contributed by atoms with Crippen LogP contribution in [0.4, 0.5) is 0 Å². The molecule has 1 rings (SSSR count). The molecule has 0 aromatic heterocycles. The first-order valence-electron chi connectivity index (χ1n) is 6.68. The van der Waals surface area contributed by atoms with E-state index in [2.05, 4.69) is 31.2 Å². The predicted molar refractivity (Wildman–Crippen MR) is 74.9 cm³/mol. The molecular formula is C16H24O. The minimum Gasteiger partial charge on any atom is -0.389 e. The number of hydrogen-bond acceptors (Lipinski definition) is 1. The van der Waals surface area contributed by atoms with Crippen molar-refractivity contribution in [1.29, 1.82) is 0 Å². The molecule has 0 saturated heterocycles. The van der Waals surface area contributed by atoms with E-state index in [1.54, 1.807) is 0 Å². The van der Waals surface area contributed by atoms with Crippen LogP contribution in [0, 0.1) is 0 Å². The third kappa shape index (κ3) is 5.69. The lowest BCUT2D eigenvalue weighted by Crippen LogP contribution is -1.96. The van der Waals surface area contributed by atoms with Crippen LogP contribution in [0.5, 0.6) is 0 Å². The van der Waals surface area contributed by atoms with Crippen LogP contribution in [0.3, 0.4) is 0 Å². The Morgan fingerprint density at radius 2 is 1.88 bits per heavy atom. The molecule has 1 heteroatoms. The van der Waals surface area contributed by atoms with Gasteiger partial charge < -0.3 is 5.11 Å². The van der Waals surface area contributed by atoms with E-state index in [1.165, 1.54) is 36.8 Å². The topological polar surface area (TPSA) is 20.2 Å². The second kappa shape index (κ2) is 8.08. The van der Waals surface area contributed by atoms with Gasteiger partial charge in [-0.3, -0.25) is 0 Å². The lowest BCUT2D eigenvalue weighted by atomic mass is 9.98. The molecular weight excluding hydrogens is 208 g/mol. The molecule has 0 spiro atoms. The third-order valence-corrected chi connectivity index (χ3v) is 2.89. The van der Waals surface area contributed by atoms with Crippen molar-refractivity contribution in [1.82, 2.24) is 0 Å². The van der Waals surface area contributed by atoms with Crippen LogP contribution >= 0.6 is 0 Å². The zero-order valence-electron chi connectivity index (χ0n) is 11.0. The number of benzene rings is 1. The lowest BCUT2D eigenvalue weighted by molar-refractivity contribution is 0.244. The molecule has 1 nitrogen and oxygen atoms in total. The van der Waals surface area contributed by atoms with E-state index in [9.17, 15) is 5.11 Å². The van der Waals surface area contributed by atoms with Crippen molar-refractivity contribution in [2.24, 2.45) is 0 Å². The molecule has 1 aromatic carbocycles. The largest absolute Gasteiger partial charge is 0.389 e. The fraction of sp³-hybridized carbons (Fsp3) is 0.500. The van der Waals surface area contributed by atoms with Crippen molar-refractivity contribution in [2.45, 2.75) is 52.1 Å². The molecule has 1 unspecified atom stereocenters. The van der Waals surface area contributed by atoms with Crippen LogP contribution in [0.1, 0.15) is 51.5 Å².